The molecule has 7 amide bonds. The van der Waals surface area contributed by atoms with Gasteiger partial charge < -0.3 is 48.3 Å². The lowest BCUT2D eigenvalue weighted by Gasteiger charge is -2.32. The number of hydrogen-bond donors (Lipinski definition) is 8. The lowest BCUT2D eigenvalue weighted by molar-refractivity contribution is -0.142. The summed E-state index contributed by atoms with van der Waals surface area (Å²) in [5, 5.41) is 20.3. The Bertz CT molecular complexity index is 2170. The second kappa shape index (κ2) is 23.8. The third-order valence-electron chi connectivity index (χ3n) is 12.5. The van der Waals surface area contributed by atoms with E-state index in [2.05, 4.69) is 36.9 Å². The Morgan fingerprint density at radius 1 is 0.815 bits per heavy atom. The summed E-state index contributed by atoms with van der Waals surface area (Å²) in [5.41, 5.74) is 12.8. The van der Waals surface area contributed by atoms with E-state index in [9.17, 15) is 33.6 Å². The lowest BCUT2D eigenvalue weighted by atomic mass is 9.84. The van der Waals surface area contributed by atoms with E-state index in [-0.39, 0.29) is 63.6 Å². The van der Waals surface area contributed by atoms with Gasteiger partial charge in [-0.15, -0.1) is 11.3 Å². The molecule has 2 aliphatic heterocycles. The summed E-state index contributed by atoms with van der Waals surface area (Å²) < 4.78 is 1.02. The SMILES string of the molecule is CC(=O)N[C@@H](Cc1ccccc1)C(=O)N[C@H]1CCCNC(=O)[C@H](CCCN=C(N)N)NC(=O)[C@H](Cc2csc3ccccc23)NC(=O)[C@@H](CC2CCCCC2)NC(=O)[C@@H]2CCCN2C1=O. The van der Waals surface area contributed by atoms with Crippen LogP contribution in [0.1, 0.15) is 95.1 Å². The zero-order chi connectivity index (χ0) is 46.3. The molecule has 65 heavy (non-hydrogen) atoms. The van der Waals surface area contributed by atoms with Crippen LogP contribution in [0.4, 0.5) is 0 Å². The van der Waals surface area contributed by atoms with E-state index >= 15 is 0 Å². The fourth-order valence-corrected chi connectivity index (χ4v) is 10.1. The van der Waals surface area contributed by atoms with Crippen LogP contribution in [0, 0.1) is 5.92 Å². The summed E-state index contributed by atoms with van der Waals surface area (Å²) >= 11 is 1.53. The van der Waals surface area contributed by atoms with E-state index < -0.39 is 77.6 Å². The van der Waals surface area contributed by atoms with Gasteiger partial charge in [0.1, 0.15) is 36.3 Å². The molecule has 6 atom stereocenters. The van der Waals surface area contributed by atoms with Gasteiger partial charge in [0.2, 0.25) is 41.4 Å². The van der Waals surface area contributed by atoms with Crippen molar-refractivity contribution in [2.45, 2.75) is 133 Å². The minimum Gasteiger partial charge on any atom is -0.370 e. The summed E-state index contributed by atoms with van der Waals surface area (Å²) in [4.78, 5) is 104. The molecular formula is C47H64N10O7S. The topological polar surface area (TPSA) is 259 Å². The molecule has 3 heterocycles. The van der Waals surface area contributed by atoms with Crippen LogP contribution in [-0.4, -0.2) is 108 Å². The van der Waals surface area contributed by atoms with Crippen molar-refractivity contribution in [2.24, 2.45) is 22.4 Å². The number of fused-ring (bicyclic) bond motifs is 2. The van der Waals surface area contributed by atoms with Gasteiger partial charge in [0, 0.05) is 44.1 Å². The van der Waals surface area contributed by atoms with Crippen LogP contribution in [0.25, 0.3) is 10.1 Å². The third kappa shape index (κ3) is 14.0. The van der Waals surface area contributed by atoms with Crippen LogP contribution in [-0.2, 0) is 46.4 Å². The summed E-state index contributed by atoms with van der Waals surface area (Å²) in [7, 11) is 0. The Kier molecular flexibility index (Phi) is 17.7. The summed E-state index contributed by atoms with van der Waals surface area (Å²) in [5.74, 6) is -3.53. The second-order valence-corrected chi connectivity index (χ2v) is 18.4. The van der Waals surface area contributed by atoms with E-state index in [0.717, 1.165) is 53.3 Å². The Morgan fingerprint density at radius 3 is 2.28 bits per heavy atom. The second-order valence-electron chi connectivity index (χ2n) is 17.5. The van der Waals surface area contributed by atoms with Gasteiger partial charge in [-0.05, 0) is 78.8 Å². The molecule has 3 aromatic rings. The predicted molar refractivity (Wildman–Crippen MR) is 249 cm³/mol. The van der Waals surface area contributed by atoms with Gasteiger partial charge in [-0.1, -0.05) is 80.6 Å². The van der Waals surface area contributed by atoms with Crippen LogP contribution in [0.15, 0.2) is 65.0 Å². The van der Waals surface area contributed by atoms with Crippen molar-refractivity contribution in [1.29, 1.82) is 0 Å². The Labute approximate surface area is 384 Å². The molecule has 3 fully saturated rings. The molecule has 10 N–H and O–H groups in total. The largest absolute Gasteiger partial charge is 0.370 e. The maximum absolute atomic E-state index is 14.6. The van der Waals surface area contributed by atoms with Crippen LogP contribution in [0.5, 0.6) is 0 Å². The molecular weight excluding hydrogens is 849 g/mol. The number of nitrogens with zero attached hydrogens (tertiary/aromatic N) is 2. The van der Waals surface area contributed by atoms with Crippen molar-refractivity contribution < 1.29 is 33.6 Å². The molecule has 17 nitrogen and oxygen atoms in total. The number of aliphatic imine (C=N–C) groups is 1. The fourth-order valence-electron chi connectivity index (χ4n) is 9.17. The number of nitrogens with one attached hydrogen (secondary N) is 6. The average Bonchev–Trinajstić information content (AvgIpc) is 3.95. The summed E-state index contributed by atoms with van der Waals surface area (Å²) in [6.45, 7) is 1.84. The normalized spacial score (nSPS) is 23.4. The van der Waals surface area contributed by atoms with E-state index in [1.54, 1.807) is 0 Å². The number of benzene rings is 2. The molecule has 2 aromatic carbocycles. The van der Waals surface area contributed by atoms with Crippen LogP contribution in [0.2, 0.25) is 0 Å². The summed E-state index contributed by atoms with van der Waals surface area (Å²) in [6.07, 6.45) is 7.19. The Morgan fingerprint density at radius 2 is 1.52 bits per heavy atom. The molecule has 1 saturated carbocycles. The minimum atomic E-state index is -1.12. The molecule has 0 radical (unpaired) electrons. The van der Waals surface area contributed by atoms with Gasteiger partial charge >= 0.3 is 0 Å². The first kappa shape index (κ1) is 48.4. The highest BCUT2D eigenvalue weighted by Gasteiger charge is 2.40. The van der Waals surface area contributed by atoms with E-state index in [4.69, 9.17) is 11.5 Å². The average molecular weight is 913 g/mol. The first-order chi connectivity index (χ1) is 31.4. The number of nitrogens with two attached hydrogens (primary N) is 2. The maximum Gasteiger partial charge on any atom is 0.245 e. The number of thiophene rings is 1. The van der Waals surface area contributed by atoms with Gasteiger partial charge in [-0.2, -0.15) is 0 Å². The highest BCUT2D eigenvalue weighted by atomic mass is 32.1. The number of amides is 7. The molecule has 350 valence electrons. The number of carbonyl (C=O) groups is 7. The van der Waals surface area contributed by atoms with E-state index in [1.165, 1.54) is 23.2 Å². The van der Waals surface area contributed by atoms with Crippen molar-refractivity contribution in [3.63, 3.8) is 0 Å². The summed E-state index contributed by atoms with van der Waals surface area (Å²) in [6, 6.07) is 10.7. The molecule has 1 aliphatic carbocycles. The van der Waals surface area contributed by atoms with E-state index in [0.29, 0.717) is 25.7 Å². The zero-order valence-electron chi connectivity index (χ0n) is 37.2. The predicted octanol–water partition coefficient (Wildman–Crippen LogP) is 2.06. The molecule has 2 saturated heterocycles. The van der Waals surface area contributed by atoms with Gasteiger partial charge in [0.05, 0.1) is 0 Å². The van der Waals surface area contributed by atoms with Gasteiger partial charge in [-0.3, -0.25) is 38.6 Å². The molecule has 1 aromatic heterocycles. The molecule has 18 heteroatoms. The quantitative estimate of drug-likeness (QED) is 0.0709. The third-order valence-corrected chi connectivity index (χ3v) is 13.5. The van der Waals surface area contributed by atoms with Gasteiger partial charge in [-0.25, -0.2) is 0 Å². The van der Waals surface area contributed by atoms with Crippen molar-refractivity contribution >= 4 is 68.7 Å². The number of carbonyl (C=O) groups excluding carboxylic acids is 7. The Balaban J connectivity index is 1.31. The van der Waals surface area contributed by atoms with Crippen LogP contribution < -0.4 is 43.4 Å². The van der Waals surface area contributed by atoms with E-state index in [1.807, 2.05) is 60.0 Å². The lowest BCUT2D eigenvalue weighted by Crippen LogP contribution is -2.60. The van der Waals surface area contributed by atoms with Crippen molar-refractivity contribution in [1.82, 2.24) is 36.8 Å². The highest BCUT2D eigenvalue weighted by Crippen LogP contribution is 2.29. The van der Waals surface area contributed by atoms with Crippen molar-refractivity contribution in [3.8, 4) is 0 Å². The molecule has 0 spiro atoms. The van der Waals surface area contributed by atoms with Crippen LogP contribution >= 0.6 is 11.3 Å². The van der Waals surface area contributed by atoms with Gasteiger partial charge in [0.15, 0.2) is 5.96 Å². The van der Waals surface area contributed by atoms with Crippen LogP contribution in [0.3, 0.4) is 0 Å². The minimum absolute atomic E-state index is 0.0751. The number of hydrogen-bond acceptors (Lipinski definition) is 9. The Hall–Kier alpha value is -6.04. The fraction of sp³-hybridized carbons (Fsp3) is 0.532. The zero-order valence-corrected chi connectivity index (χ0v) is 38.0. The molecule has 3 aliphatic rings. The molecule has 0 unspecified atom stereocenters. The molecule has 6 rings (SSSR count). The van der Waals surface area contributed by atoms with Crippen molar-refractivity contribution in [3.05, 3.63) is 71.1 Å². The standard InChI is InChI=1S/C47H64N10O7S/c1-29(58)52-36(25-30-13-4-2-5-14-30)42(60)54-35-19-11-22-50-41(59)34(18-10-23-51-47(48)49)53-44(62)38(27-32-28-65-40-21-9-8-17-33(32)40)55-43(61)37(26-31-15-6-3-7-16-31)56-45(63)39-20-12-24-57(39)46(35)64/h2,4-5,8-9,13-14,17,21,28,31,34-39H,3,6-7,10-12,15-16,18-20,22-27H2,1H3,(H,50,59)(H,52,58)(H,53,62)(H,54,60)(H,55,61)(H,56,63)(H4,48,49,51)/t34-,35-,36-,37+,38-,39-/m0/s1. The first-order valence-corrected chi connectivity index (χ1v) is 23.9. The number of guanidine groups is 1. The van der Waals surface area contributed by atoms with Crippen molar-refractivity contribution in [2.75, 3.05) is 19.6 Å². The number of rotatable bonds is 13. The molecule has 0 bridgehead atoms. The van der Waals surface area contributed by atoms with Gasteiger partial charge in [0.25, 0.3) is 0 Å². The monoisotopic (exact) mass is 912 g/mol. The first-order valence-electron chi connectivity index (χ1n) is 23.0. The smallest absolute Gasteiger partial charge is 0.245 e. The highest BCUT2D eigenvalue weighted by molar-refractivity contribution is 7.17. The maximum atomic E-state index is 14.6.